The smallest absolute Gasteiger partial charge is 0.0419 e. The fraction of sp³-hybridized carbons (Fsp3) is 0.460. The van der Waals surface area contributed by atoms with Gasteiger partial charge >= 0.3 is 0 Å². The molecule has 3 aromatic carbocycles. The van der Waals surface area contributed by atoms with Gasteiger partial charge in [0.1, 0.15) is 0 Å². The summed E-state index contributed by atoms with van der Waals surface area (Å²) in [4.78, 5) is 0. The zero-order valence-corrected chi connectivity index (χ0v) is 37.0. The highest BCUT2D eigenvalue weighted by molar-refractivity contribution is 6.01. The molecule has 0 heterocycles. The van der Waals surface area contributed by atoms with E-state index in [0.29, 0.717) is 17.0 Å². The van der Waals surface area contributed by atoms with Crippen LogP contribution in [0.4, 0.5) is 5.69 Å². The molecule has 0 amide bonds. The first-order valence-corrected chi connectivity index (χ1v) is 20.2. The Morgan fingerprint density at radius 1 is 0.792 bits per heavy atom. The SMILES string of the molecule is C=C(CC)C(C)(C)C.C=CC.C=CNc1cccc(-c2ccc(C(=C)N)cc2)c1.CC.CC.CC.CCC.Cc1ccccc1C(=N)C1CCCCC1. The summed E-state index contributed by atoms with van der Waals surface area (Å²) in [6, 6.07) is 24.5. The van der Waals surface area contributed by atoms with E-state index in [2.05, 4.69) is 104 Å². The molecule has 3 aromatic rings. The van der Waals surface area contributed by atoms with Crippen LogP contribution < -0.4 is 11.1 Å². The number of nitrogens with one attached hydrogen (secondary N) is 2. The summed E-state index contributed by atoms with van der Waals surface area (Å²) in [5.41, 5.74) is 15.4. The van der Waals surface area contributed by atoms with Gasteiger partial charge in [0.25, 0.3) is 0 Å². The molecule has 4 N–H and O–H groups in total. The Kier molecular flexibility index (Phi) is 38.1. The van der Waals surface area contributed by atoms with Crippen molar-refractivity contribution < 1.29 is 0 Å². The van der Waals surface area contributed by atoms with Gasteiger partial charge in [-0.1, -0.05) is 201 Å². The molecule has 298 valence electrons. The first-order valence-electron chi connectivity index (χ1n) is 20.2. The lowest BCUT2D eigenvalue weighted by Gasteiger charge is -2.23. The number of rotatable bonds is 7. The van der Waals surface area contributed by atoms with Crippen LogP contribution in [0.15, 0.2) is 117 Å². The summed E-state index contributed by atoms with van der Waals surface area (Å²) >= 11 is 0. The van der Waals surface area contributed by atoms with E-state index in [4.69, 9.17) is 11.1 Å². The average molecular weight is 726 g/mol. The number of hydrogen-bond acceptors (Lipinski definition) is 3. The fourth-order valence-corrected chi connectivity index (χ4v) is 4.80. The van der Waals surface area contributed by atoms with Gasteiger partial charge in [-0.2, -0.15) is 0 Å². The van der Waals surface area contributed by atoms with E-state index in [1.807, 2.05) is 97.0 Å². The van der Waals surface area contributed by atoms with Crippen molar-refractivity contribution in [1.29, 1.82) is 5.41 Å². The van der Waals surface area contributed by atoms with E-state index >= 15 is 0 Å². The van der Waals surface area contributed by atoms with Crippen LogP contribution in [0.25, 0.3) is 16.8 Å². The summed E-state index contributed by atoms with van der Waals surface area (Å²) in [5.74, 6) is 0.514. The second-order valence-electron chi connectivity index (χ2n) is 12.9. The average Bonchev–Trinajstić information content (AvgIpc) is 3.18. The summed E-state index contributed by atoms with van der Waals surface area (Å²) in [5, 5.41) is 11.3. The van der Waals surface area contributed by atoms with Crippen LogP contribution in [0.2, 0.25) is 0 Å². The summed E-state index contributed by atoms with van der Waals surface area (Å²) in [6.07, 6.45) is 12.2. The van der Waals surface area contributed by atoms with Gasteiger partial charge in [-0.15, -0.1) is 6.58 Å². The molecule has 0 aliphatic heterocycles. The van der Waals surface area contributed by atoms with Crippen molar-refractivity contribution in [2.24, 2.45) is 17.1 Å². The zero-order chi connectivity index (χ0) is 41.8. The lowest BCUT2D eigenvalue weighted by Crippen LogP contribution is -2.18. The molecule has 1 saturated carbocycles. The highest BCUT2D eigenvalue weighted by atomic mass is 14.8. The third-order valence-corrected chi connectivity index (χ3v) is 7.66. The van der Waals surface area contributed by atoms with Gasteiger partial charge in [0.15, 0.2) is 0 Å². The topological polar surface area (TPSA) is 61.9 Å². The number of anilines is 1. The monoisotopic (exact) mass is 726 g/mol. The number of allylic oxidation sites excluding steroid dienone is 2. The Labute approximate surface area is 330 Å². The maximum absolute atomic E-state index is 8.26. The zero-order valence-electron chi connectivity index (χ0n) is 37.0. The second kappa shape index (κ2) is 36.3. The van der Waals surface area contributed by atoms with E-state index in [1.54, 1.807) is 12.3 Å². The fourth-order valence-electron chi connectivity index (χ4n) is 4.80. The Balaban J connectivity index is -0.000000308. The first kappa shape index (κ1) is 55.6. The lowest BCUT2D eigenvalue weighted by molar-refractivity contribution is 0.438. The molecular formula is C50H83N3. The third-order valence-electron chi connectivity index (χ3n) is 7.66. The van der Waals surface area contributed by atoms with Crippen LogP contribution in [0.1, 0.15) is 152 Å². The molecule has 1 aliphatic rings. The number of benzene rings is 3. The van der Waals surface area contributed by atoms with Crippen molar-refractivity contribution >= 4 is 17.1 Å². The molecule has 53 heavy (non-hydrogen) atoms. The van der Waals surface area contributed by atoms with Gasteiger partial charge < -0.3 is 16.5 Å². The summed E-state index contributed by atoms with van der Waals surface area (Å²) in [6.45, 7) is 43.7. The van der Waals surface area contributed by atoms with Crippen LogP contribution in [0.3, 0.4) is 0 Å². The predicted octanol–water partition coefficient (Wildman–Crippen LogP) is 16.5. The molecule has 0 unspecified atom stereocenters. The van der Waals surface area contributed by atoms with E-state index in [-0.39, 0.29) is 0 Å². The molecule has 0 spiro atoms. The highest BCUT2D eigenvalue weighted by Crippen LogP contribution is 2.28. The van der Waals surface area contributed by atoms with Crippen molar-refractivity contribution in [3.05, 3.63) is 134 Å². The molecule has 0 saturated heterocycles. The minimum Gasteiger partial charge on any atom is -0.399 e. The van der Waals surface area contributed by atoms with Gasteiger partial charge in [-0.05, 0) is 84.7 Å². The lowest BCUT2D eigenvalue weighted by atomic mass is 9.82. The maximum Gasteiger partial charge on any atom is 0.0419 e. The second-order valence-corrected chi connectivity index (χ2v) is 12.9. The minimum absolute atomic E-state index is 0.314. The van der Waals surface area contributed by atoms with Gasteiger partial charge in [-0.3, -0.25) is 0 Å². The maximum atomic E-state index is 8.26. The van der Waals surface area contributed by atoms with Crippen LogP contribution in [0.5, 0.6) is 0 Å². The molecule has 0 bridgehead atoms. The quantitative estimate of drug-likeness (QED) is 0.168. The molecule has 1 fully saturated rings. The Bertz CT molecular complexity index is 1350. The van der Waals surface area contributed by atoms with Crippen molar-refractivity contribution in [2.45, 2.75) is 142 Å². The highest BCUT2D eigenvalue weighted by Gasteiger charge is 2.19. The van der Waals surface area contributed by atoms with E-state index in [1.165, 1.54) is 49.7 Å². The van der Waals surface area contributed by atoms with Gasteiger partial charge in [0, 0.05) is 23.0 Å². The van der Waals surface area contributed by atoms with E-state index in [9.17, 15) is 0 Å². The van der Waals surface area contributed by atoms with Gasteiger partial charge in [-0.25, -0.2) is 0 Å². The summed E-state index contributed by atoms with van der Waals surface area (Å²) in [7, 11) is 0. The Morgan fingerprint density at radius 3 is 1.68 bits per heavy atom. The molecule has 0 aromatic heterocycles. The largest absolute Gasteiger partial charge is 0.399 e. The molecule has 4 rings (SSSR count). The number of hydrogen-bond donors (Lipinski definition) is 3. The Hall–Kier alpha value is -4.11. The normalized spacial score (nSPS) is 11.0. The number of nitrogens with two attached hydrogens (primary N) is 1. The molecular weight excluding hydrogens is 643 g/mol. The van der Waals surface area contributed by atoms with Crippen molar-refractivity contribution in [2.75, 3.05) is 5.32 Å². The van der Waals surface area contributed by atoms with Crippen LogP contribution in [0, 0.1) is 23.7 Å². The van der Waals surface area contributed by atoms with Crippen LogP contribution in [-0.4, -0.2) is 5.71 Å². The molecule has 0 radical (unpaired) electrons. The summed E-state index contributed by atoms with van der Waals surface area (Å²) < 4.78 is 0. The molecule has 0 atom stereocenters. The van der Waals surface area contributed by atoms with Crippen LogP contribution >= 0.6 is 0 Å². The predicted molar refractivity (Wildman–Crippen MR) is 248 cm³/mol. The third kappa shape index (κ3) is 26.3. The Morgan fingerprint density at radius 2 is 1.28 bits per heavy atom. The van der Waals surface area contributed by atoms with Gasteiger partial charge in [0.05, 0.1) is 0 Å². The van der Waals surface area contributed by atoms with E-state index in [0.717, 1.165) is 40.1 Å². The molecule has 1 aliphatic carbocycles. The van der Waals surface area contributed by atoms with Crippen molar-refractivity contribution in [3.63, 3.8) is 0 Å². The first-order chi connectivity index (χ1) is 25.3. The molecule has 3 nitrogen and oxygen atoms in total. The van der Waals surface area contributed by atoms with Crippen LogP contribution in [-0.2, 0) is 0 Å². The standard InChI is InChI=1S/C16H16N2.C14H19N.C8H16.C3H8.C3H6.3C2H6/c1-3-18-16-6-4-5-15(11-16)14-9-7-13(8-10-14)12(2)17;1-11-7-5-6-10-13(11)14(15)12-8-3-2-4-9-12;1-6-7(2)8(3,4)5;2*1-3-2;3*1-2/h3-11,18H,1-2,17H2;5-7,10,12,15H,2-4,8-9H2,1H3;2,6H2,1,3-5H3;3H2,1-2H3;3H,1H2,2H3;3*1-2H3. The van der Waals surface area contributed by atoms with E-state index < -0.39 is 0 Å². The molecule has 3 heteroatoms. The number of aryl methyl sites for hydroxylation is 1. The van der Waals surface area contributed by atoms with Crippen molar-refractivity contribution in [1.82, 2.24) is 0 Å². The van der Waals surface area contributed by atoms with Crippen molar-refractivity contribution in [3.8, 4) is 11.1 Å². The van der Waals surface area contributed by atoms with Gasteiger partial charge in [0.2, 0.25) is 0 Å². The minimum atomic E-state index is 0.314.